The van der Waals surface area contributed by atoms with Crippen LogP contribution in [0.1, 0.15) is 43.2 Å². The first-order valence-electron chi connectivity index (χ1n) is 9.00. The van der Waals surface area contributed by atoms with Crippen LogP contribution in [0.4, 0.5) is 0 Å². The molecule has 0 saturated heterocycles. The molecule has 0 atom stereocenters. The van der Waals surface area contributed by atoms with Gasteiger partial charge in [-0.15, -0.1) is 10.2 Å². The SMILES string of the molecule is Cc1ccc(-n2cnnc2SCC(=O)NCC2CCCCC2)c(C)c1. The summed E-state index contributed by atoms with van der Waals surface area (Å²) >= 11 is 1.43. The zero-order valence-corrected chi connectivity index (χ0v) is 15.8. The molecule has 1 N–H and O–H groups in total. The van der Waals surface area contributed by atoms with Crippen LogP contribution < -0.4 is 5.32 Å². The molecule has 1 aliphatic rings. The molecule has 0 aliphatic heterocycles. The molecule has 25 heavy (non-hydrogen) atoms. The number of aryl methyl sites for hydroxylation is 2. The minimum Gasteiger partial charge on any atom is -0.355 e. The van der Waals surface area contributed by atoms with E-state index in [0.717, 1.165) is 17.4 Å². The lowest BCUT2D eigenvalue weighted by molar-refractivity contribution is -0.118. The van der Waals surface area contributed by atoms with E-state index in [9.17, 15) is 4.79 Å². The van der Waals surface area contributed by atoms with Crippen LogP contribution in [0.2, 0.25) is 0 Å². The first-order chi connectivity index (χ1) is 12.1. The zero-order chi connectivity index (χ0) is 17.6. The van der Waals surface area contributed by atoms with Gasteiger partial charge in [0, 0.05) is 6.54 Å². The van der Waals surface area contributed by atoms with E-state index in [1.807, 2.05) is 4.57 Å². The van der Waals surface area contributed by atoms with E-state index in [1.165, 1.54) is 55.0 Å². The second-order valence-electron chi connectivity index (χ2n) is 6.87. The minimum absolute atomic E-state index is 0.0748. The molecule has 1 aromatic carbocycles. The summed E-state index contributed by atoms with van der Waals surface area (Å²) < 4.78 is 1.95. The van der Waals surface area contributed by atoms with E-state index >= 15 is 0 Å². The Labute approximate surface area is 153 Å². The molecular weight excluding hydrogens is 332 g/mol. The number of nitrogens with zero attached hydrogens (tertiary/aromatic N) is 3. The number of carbonyl (C=O) groups excluding carboxylic acids is 1. The Bertz CT molecular complexity index is 722. The highest BCUT2D eigenvalue weighted by Crippen LogP contribution is 2.24. The number of thioether (sulfide) groups is 1. The Morgan fingerprint density at radius 2 is 2.08 bits per heavy atom. The van der Waals surface area contributed by atoms with E-state index in [2.05, 4.69) is 47.6 Å². The maximum atomic E-state index is 12.2. The van der Waals surface area contributed by atoms with Crippen molar-refractivity contribution in [1.29, 1.82) is 0 Å². The Morgan fingerprint density at radius 1 is 1.28 bits per heavy atom. The van der Waals surface area contributed by atoms with Crippen molar-refractivity contribution in [2.75, 3.05) is 12.3 Å². The molecule has 0 unspecified atom stereocenters. The van der Waals surface area contributed by atoms with E-state index in [-0.39, 0.29) is 5.91 Å². The summed E-state index contributed by atoms with van der Waals surface area (Å²) in [4.78, 5) is 12.2. The molecule has 0 radical (unpaired) electrons. The molecule has 1 amide bonds. The van der Waals surface area contributed by atoms with Crippen LogP contribution in [0, 0.1) is 19.8 Å². The summed E-state index contributed by atoms with van der Waals surface area (Å²) in [6.45, 7) is 4.96. The van der Waals surface area contributed by atoms with Gasteiger partial charge in [0.2, 0.25) is 5.91 Å². The van der Waals surface area contributed by atoms with Crippen molar-refractivity contribution in [1.82, 2.24) is 20.1 Å². The average Bonchev–Trinajstić information content (AvgIpc) is 3.07. The number of hydrogen-bond donors (Lipinski definition) is 1. The standard InChI is InChI=1S/C19H26N4OS/c1-14-8-9-17(15(2)10-14)23-13-21-22-19(23)25-12-18(24)20-11-16-6-4-3-5-7-16/h8-10,13,16H,3-7,11-12H2,1-2H3,(H,20,24). The van der Waals surface area contributed by atoms with E-state index < -0.39 is 0 Å². The third-order valence-corrected chi connectivity index (χ3v) is 5.72. The molecular formula is C19H26N4OS. The van der Waals surface area contributed by atoms with Gasteiger partial charge in [0.05, 0.1) is 11.4 Å². The van der Waals surface area contributed by atoms with E-state index in [0.29, 0.717) is 11.7 Å². The smallest absolute Gasteiger partial charge is 0.230 e. The molecule has 134 valence electrons. The molecule has 1 aliphatic carbocycles. The van der Waals surface area contributed by atoms with E-state index in [1.54, 1.807) is 6.33 Å². The second-order valence-corrected chi connectivity index (χ2v) is 7.81. The zero-order valence-electron chi connectivity index (χ0n) is 15.0. The van der Waals surface area contributed by atoms with E-state index in [4.69, 9.17) is 0 Å². The van der Waals surface area contributed by atoms with Crippen LogP contribution in [0.25, 0.3) is 5.69 Å². The van der Waals surface area contributed by atoms with Crippen molar-refractivity contribution in [3.8, 4) is 5.69 Å². The maximum Gasteiger partial charge on any atom is 0.230 e. The molecule has 1 fully saturated rings. The third kappa shape index (κ3) is 4.84. The highest BCUT2D eigenvalue weighted by atomic mass is 32.2. The van der Waals surface area contributed by atoms with Gasteiger partial charge in [-0.05, 0) is 44.2 Å². The number of aromatic nitrogens is 3. The first kappa shape index (κ1) is 18.0. The summed E-state index contributed by atoms with van der Waals surface area (Å²) in [6.07, 6.45) is 8.14. The number of rotatable bonds is 6. The lowest BCUT2D eigenvalue weighted by Crippen LogP contribution is -2.31. The van der Waals surface area contributed by atoms with Crippen molar-refractivity contribution in [2.45, 2.75) is 51.1 Å². The largest absolute Gasteiger partial charge is 0.355 e. The first-order valence-corrected chi connectivity index (χ1v) is 9.99. The van der Waals surface area contributed by atoms with Gasteiger partial charge < -0.3 is 5.32 Å². The second kappa shape index (κ2) is 8.52. The van der Waals surface area contributed by atoms with Crippen LogP contribution in [0.3, 0.4) is 0 Å². The molecule has 0 bridgehead atoms. The summed E-state index contributed by atoms with van der Waals surface area (Å²) in [5, 5.41) is 12.0. The number of hydrogen-bond acceptors (Lipinski definition) is 4. The van der Waals surface area contributed by atoms with Crippen molar-refractivity contribution >= 4 is 17.7 Å². The van der Waals surface area contributed by atoms with Gasteiger partial charge in [-0.3, -0.25) is 9.36 Å². The molecule has 5 nitrogen and oxygen atoms in total. The van der Waals surface area contributed by atoms with Crippen molar-refractivity contribution in [3.05, 3.63) is 35.7 Å². The lowest BCUT2D eigenvalue weighted by Gasteiger charge is -2.21. The van der Waals surface area contributed by atoms with Crippen molar-refractivity contribution < 1.29 is 4.79 Å². The Morgan fingerprint density at radius 3 is 2.84 bits per heavy atom. The number of nitrogens with one attached hydrogen (secondary N) is 1. The van der Waals surface area contributed by atoms with Gasteiger partial charge in [0.1, 0.15) is 6.33 Å². The predicted molar refractivity (Wildman–Crippen MR) is 101 cm³/mol. The van der Waals surface area contributed by atoms with Gasteiger partial charge in [0.15, 0.2) is 5.16 Å². The lowest BCUT2D eigenvalue weighted by atomic mass is 9.89. The molecule has 1 aromatic heterocycles. The summed E-state index contributed by atoms with van der Waals surface area (Å²) in [6, 6.07) is 6.29. The van der Waals surface area contributed by atoms with Crippen molar-refractivity contribution in [2.24, 2.45) is 5.92 Å². The quantitative estimate of drug-likeness (QED) is 0.801. The van der Waals surface area contributed by atoms with Crippen LogP contribution >= 0.6 is 11.8 Å². The maximum absolute atomic E-state index is 12.2. The van der Waals surface area contributed by atoms with Gasteiger partial charge in [-0.2, -0.15) is 0 Å². The molecule has 1 heterocycles. The third-order valence-electron chi connectivity index (χ3n) is 4.77. The molecule has 1 saturated carbocycles. The van der Waals surface area contributed by atoms with Crippen LogP contribution in [-0.2, 0) is 4.79 Å². The van der Waals surface area contributed by atoms with Gasteiger partial charge in [-0.25, -0.2) is 0 Å². The summed E-state index contributed by atoms with van der Waals surface area (Å²) in [5.74, 6) is 1.10. The van der Waals surface area contributed by atoms with Gasteiger partial charge >= 0.3 is 0 Å². The number of benzene rings is 1. The Hall–Kier alpha value is -1.82. The van der Waals surface area contributed by atoms with Gasteiger partial charge in [-0.1, -0.05) is 48.7 Å². The van der Waals surface area contributed by atoms with Crippen LogP contribution in [0.15, 0.2) is 29.7 Å². The fraction of sp³-hybridized carbons (Fsp3) is 0.526. The van der Waals surface area contributed by atoms with Gasteiger partial charge in [0.25, 0.3) is 0 Å². The Kier molecular flexibility index (Phi) is 6.13. The molecule has 3 rings (SSSR count). The van der Waals surface area contributed by atoms with Crippen LogP contribution in [-0.4, -0.2) is 33.0 Å². The average molecular weight is 359 g/mol. The fourth-order valence-corrected chi connectivity index (χ4v) is 4.15. The molecule has 2 aromatic rings. The Balaban J connectivity index is 1.55. The highest BCUT2D eigenvalue weighted by Gasteiger charge is 2.15. The molecule has 0 spiro atoms. The predicted octanol–water partition coefficient (Wildman–Crippen LogP) is 3.67. The monoisotopic (exact) mass is 358 g/mol. The van der Waals surface area contributed by atoms with Crippen molar-refractivity contribution in [3.63, 3.8) is 0 Å². The number of amides is 1. The van der Waals surface area contributed by atoms with Crippen LogP contribution in [0.5, 0.6) is 0 Å². The minimum atomic E-state index is 0.0748. The fourth-order valence-electron chi connectivity index (χ4n) is 3.39. The normalized spacial score (nSPS) is 15.3. The topological polar surface area (TPSA) is 59.8 Å². The highest BCUT2D eigenvalue weighted by molar-refractivity contribution is 7.99. The number of carbonyl (C=O) groups is 1. The summed E-state index contributed by atoms with van der Waals surface area (Å²) in [5.41, 5.74) is 3.45. The molecule has 6 heteroatoms. The summed E-state index contributed by atoms with van der Waals surface area (Å²) in [7, 11) is 0.